The van der Waals surface area contributed by atoms with E-state index >= 15 is 4.39 Å². The molecule has 1 amide bonds. The molecule has 8 nitrogen and oxygen atoms in total. The standard InChI is InChI=1S/C23H26F4N6O2/c1-13(34)32-7-5-20-17(11-32)22(31-33(20)15-6-8-35-12-15)30-19-4-3-14(9-18(19)24)16(10-29-2)21(28)23(25,26)27/h3-4,9-10,15H,5-8,11-12,28H2,1-2H3,(H,30,31). The van der Waals surface area contributed by atoms with Gasteiger partial charge in [-0.2, -0.15) is 18.3 Å². The van der Waals surface area contributed by atoms with E-state index in [4.69, 9.17) is 10.5 Å². The zero-order valence-electron chi connectivity index (χ0n) is 19.3. The average Bonchev–Trinajstić information content (AvgIpc) is 3.45. The number of hydrogen-bond acceptors (Lipinski definition) is 6. The summed E-state index contributed by atoms with van der Waals surface area (Å²) >= 11 is 0. The number of halogens is 4. The van der Waals surface area contributed by atoms with Crippen LogP contribution in [-0.2, 0) is 22.5 Å². The Morgan fingerprint density at radius 1 is 1.37 bits per heavy atom. The maximum Gasteiger partial charge on any atom is 0.431 e. The Labute approximate surface area is 199 Å². The number of allylic oxidation sites excluding steroid dienone is 2. The molecule has 0 saturated carbocycles. The van der Waals surface area contributed by atoms with Crippen LogP contribution in [0.2, 0.25) is 0 Å². The van der Waals surface area contributed by atoms with Crippen LogP contribution in [0.5, 0.6) is 0 Å². The highest BCUT2D eigenvalue weighted by molar-refractivity contribution is 6.11. The van der Waals surface area contributed by atoms with Gasteiger partial charge in [-0.3, -0.25) is 14.5 Å². The van der Waals surface area contributed by atoms with Gasteiger partial charge >= 0.3 is 6.18 Å². The van der Waals surface area contributed by atoms with Gasteiger partial charge in [0, 0.05) is 56.6 Å². The Kier molecular flexibility index (Phi) is 6.84. The van der Waals surface area contributed by atoms with E-state index in [1.165, 1.54) is 26.1 Å². The summed E-state index contributed by atoms with van der Waals surface area (Å²) in [6.07, 6.45) is -2.45. The van der Waals surface area contributed by atoms with E-state index in [0.717, 1.165) is 30.0 Å². The van der Waals surface area contributed by atoms with Crippen molar-refractivity contribution in [1.29, 1.82) is 0 Å². The van der Waals surface area contributed by atoms with Gasteiger partial charge < -0.3 is 20.7 Å². The van der Waals surface area contributed by atoms with Crippen molar-refractivity contribution in [2.24, 2.45) is 10.7 Å². The number of benzene rings is 1. The van der Waals surface area contributed by atoms with Gasteiger partial charge in [0.15, 0.2) is 5.82 Å². The SMILES string of the molecule is CN=CC(=C(N)C(F)(F)F)c1ccc(Nc2nn(C3CCOC3)c3c2CN(C(C)=O)CC3)c(F)c1. The van der Waals surface area contributed by atoms with Crippen molar-refractivity contribution in [3.8, 4) is 0 Å². The fourth-order valence-corrected chi connectivity index (χ4v) is 4.32. The first-order valence-corrected chi connectivity index (χ1v) is 11.1. The Balaban J connectivity index is 1.69. The molecule has 188 valence electrons. The first-order chi connectivity index (χ1) is 16.6. The number of carbonyl (C=O) groups is 1. The molecule has 2 aromatic rings. The molecule has 35 heavy (non-hydrogen) atoms. The summed E-state index contributed by atoms with van der Waals surface area (Å²) in [4.78, 5) is 17.3. The Morgan fingerprint density at radius 3 is 2.74 bits per heavy atom. The number of nitrogens with zero attached hydrogens (tertiary/aromatic N) is 4. The number of alkyl halides is 3. The van der Waals surface area contributed by atoms with Crippen LogP contribution in [0.1, 0.15) is 36.2 Å². The van der Waals surface area contributed by atoms with Crippen LogP contribution in [0.3, 0.4) is 0 Å². The number of nitrogens with one attached hydrogen (secondary N) is 1. The maximum atomic E-state index is 15.1. The molecule has 0 aliphatic carbocycles. The minimum Gasteiger partial charge on any atom is -0.394 e. The third-order valence-corrected chi connectivity index (χ3v) is 6.17. The molecule has 3 heterocycles. The van der Waals surface area contributed by atoms with Gasteiger partial charge in [0.25, 0.3) is 0 Å². The van der Waals surface area contributed by atoms with Gasteiger partial charge in [-0.05, 0) is 24.1 Å². The Morgan fingerprint density at radius 2 is 2.14 bits per heavy atom. The molecular weight excluding hydrogens is 468 g/mol. The van der Waals surface area contributed by atoms with Crippen LogP contribution < -0.4 is 11.1 Å². The summed E-state index contributed by atoms with van der Waals surface area (Å²) in [7, 11) is 1.30. The molecular formula is C23H26F4N6O2. The van der Waals surface area contributed by atoms with E-state index in [-0.39, 0.29) is 23.2 Å². The van der Waals surface area contributed by atoms with Crippen molar-refractivity contribution >= 4 is 29.2 Å². The van der Waals surface area contributed by atoms with Gasteiger partial charge in [-0.15, -0.1) is 0 Å². The second-order valence-corrected chi connectivity index (χ2v) is 8.46. The summed E-state index contributed by atoms with van der Waals surface area (Å²) in [6.45, 7) is 3.50. The molecule has 1 saturated heterocycles. The van der Waals surface area contributed by atoms with Gasteiger partial charge in [0.2, 0.25) is 5.91 Å². The summed E-state index contributed by atoms with van der Waals surface area (Å²) in [5, 5.41) is 7.65. The third-order valence-electron chi connectivity index (χ3n) is 6.17. The minimum absolute atomic E-state index is 0.0298. The zero-order chi connectivity index (χ0) is 25.3. The van der Waals surface area contributed by atoms with Crippen LogP contribution in [0.15, 0.2) is 28.9 Å². The van der Waals surface area contributed by atoms with E-state index < -0.39 is 23.3 Å². The highest BCUT2D eigenvalue weighted by atomic mass is 19.4. The first-order valence-electron chi connectivity index (χ1n) is 11.1. The normalized spacial score (nSPS) is 19.1. The zero-order valence-corrected chi connectivity index (χ0v) is 19.3. The number of aromatic nitrogens is 2. The van der Waals surface area contributed by atoms with Crippen molar-refractivity contribution in [2.45, 2.75) is 38.5 Å². The summed E-state index contributed by atoms with van der Waals surface area (Å²) in [5.74, 6) is -0.468. The molecule has 0 spiro atoms. The summed E-state index contributed by atoms with van der Waals surface area (Å²) in [6, 6.07) is 3.67. The third kappa shape index (κ3) is 5.02. The molecule has 2 aliphatic heterocycles. The maximum absolute atomic E-state index is 15.1. The molecule has 3 N–H and O–H groups in total. The van der Waals surface area contributed by atoms with E-state index in [0.29, 0.717) is 38.5 Å². The van der Waals surface area contributed by atoms with Crippen LogP contribution in [0, 0.1) is 5.82 Å². The predicted molar refractivity (Wildman–Crippen MR) is 123 cm³/mol. The van der Waals surface area contributed by atoms with E-state index in [1.54, 1.807) is 4.90 Å². The lowest BCUT2D eigenvalue weighted by Crippen LogP contribution is -2.35. The van der Waals surface area contributed by atoms with Gasteiger partial charge in [-0.1, -0.05) is 6.07 Å². The van der Waals surface area contributed by atoms with Gasteiger partial charge in [0.05, 0.1) is 24.9 Å². The molecule has 2 aliphatic rings. The highest BCUT2D eigenvalue weighted by Crippen LogP contribution is 2.34. The van der Waals surface area contributed by atoms with E-state index in [1.807, 2.05) is 4.68 Å². The van der Waals surface area contributed by atoms with Crippen molar-refractivity contribution in [1.82, 2.24) is 14.7 Å². The Bertz CT molecular complexity index is 1180. The largest absolute Gasteiger partial charge is 0.431 e. The second-order valence-electron chi connectivity index (χ2n) is 8.46. The van der Waals surface area contributed by atoms with Crippen molar-refractivity contribution in [3.05, 3.63) is 46.5 Å². The molecule has 12 heteroatoms. The first kappa shape index (κ1) is 24.7. The molecule has 1 aromatic heterocycles. The van der Waals surface area contributed by atoms with Crippen LogP contribution in [0.25, 0.3) is 5.57 Å². The molecule has 4 rings (SSSR count). The predicted octanol–water partition coefficient (Wildman–Crippen LogP) is 3.56. The fourth-order valence-electron chi connectivity index (χ4n) is 4.32. The summed E-state index contributed by atoms with van der Waals surface area (Å²) in [5.41, 5.74) is 5.19. The smallest absolute Gasteiger partial charge is 0.394 e. The average molecular weight is 494 g/mol. The number of carbonyl (C=O) groups excluding carboxylic acids is 1. The molecule has 0 bridgehead atoms. The lowest BCUT2D eigenvalue weighted by atomic mass is 10.0. The monoisotopic (exact) mass is 494 g/mol. The minimum atomic E-state index is -4.79. The highest BCUT2D eigenvalue weighted by Gasteiger charge is 2.34. The second kappa shape index (κ2) is 9.68. The van der Waals surface area contributed by atoms with Crippen LogP contribution >= 0.6 is 0 Å². The molecule has 1 atom stereocenters. The van der Waals surface area contributed by atoms with E-state index in [9.17, 15) is 18.0 Å². The number of hydrogen-bond donors (Lipinski definition) is 2. The fraction of sp³-hybridized carbons (Fsp3) is 0.435. The lowest BCUT2D eigenvalue weighted by molar-refractivity contribution is -0.129. The molecule has 1 aromatic carbocycles. The number of anilines is 2. The number of ether oxygens (including phenoxy) is 1. The van der Waals surface area contributed by atoms with E-state index in [2.05, 4.69) is 15.4 Å². The topological polar surface area (TPSA) is 97.8 Å². The summed E-state index contributed by atoms with van der Waals surface area (Å²) < 4.78 is 61.9. The number of fused-ring (bicyclic) bond motifs is 1. The number of amides is 1. The lowest BCUT2D eigenvalue weighted by Gasteiger charge is -2.27. The van der Waals surface area contributed by atoms with Crippen LogP contribution in [0.4, 0.5) is 29.1 Å². The molecule has 0 radical (unpaired) electrons. The quantitative estimate of drug-likeness (QED) is 0.489. The van der Waals surface area contributed by atoms with Crippen molar-refractivity contribution in [2.75, 3.05) is 32.1 Å². The van der Waals surface area contributed by atoms with Gasteiger partial charge in [0.1, 0.15) is 11.5 Å². The number of rotatable bonds is 5. The van der Waals surface area contributed by atoms with Gasteiger partial charge in [-0.25, -0.2) is 4.39 Å². The van der Waals surface area contributed by atoms with Crippen molar-refractivity contribution in [3.63, 3.8) is 0 Å². The Hall–Kier alpha value is -3.41. The molecule has 1 unspecified atom stereocenters. The molecule has 1 fully saturated rings. The number of nitrogens with two attached hydrogens (primary N) is 1. The van der Waals surface area contributed by atoms with Crippen LogP contribution in [-0.4, -0.2) is 59.8 Å². The number of aliphatic imine (C=N–C) groups is 1. The van der Waals surface area contributed by atoms with Crippen molar-refractivity contribution < 1.29 is 27.1 Å².